The molecule has 1 aliphatic heterocycles. The number of nitrogens with one attached hydrogen (secondary N) is 1. The lowest BCUT2D eigenvalue weighted by molar-refractivity contribution is -0.122. The first-order chi connectivity index (χ1) is 20.4. The van der Waals surface area contributed by atoms with Gasteiger partial charge in [0.25, 0.3) is 11.8 Å². The van der Waals surface area contributed by atoms with Crippen LogP contribution in [0, 0.1) is 0 Å². The van der Waals surface area contributed by atoms with E-state index in [2.05, 4.69) is 10.2 Å². The number of aromatic hydroxyl groups is 1. The molecule has 0 atom stereocenters. The minimum Gasteiger partial charge on any atom is -0.508 e. The molecule has 2 amide bonds. The van der Waals surface area contributed by atoms with Gasteiger partial charge in [-0.1, -0.05) is 48.5 Å². The molecule has 42 heavy (non-hydrogen) atoms. The maximum atomic E-state index is 13.5. The van der Waals surface area contributed by atoms with E-state index in [1.54, 1.807) is 12.1 Å². The van der Waals surface area contributed by atoms with Crippen molar-refractivity contribution in [1.29, 1.82) is 0 Å². The van der Waals surface area contributed by atoms with E-state index < -0.39 is 11.8 Å². The molecule has 0 bridgehead atoms. The van der Waals surface area contributed by atoms with Crippen molar-refractivity contribution in [1.82, 2.24) is 24.6 Å². The fraction of sp³-hybridized carbons (Fsp3) is 0.147. The number of phenols is 1. The number of fused-ring (bicyclic) bond motifs is 3. The van der Waals surface area contributed by atoms with E-state index in [0.29, 0.717) is 28.9 Å². The van der Waals surface area contributed by atoms with Crippen molar-refractivity contribution in [2.75, 3.05) is 20.6 Å². The van der Waals surface area contributed by atoms with E-state index in [-0.39, 0.29) is 5.75 Å². The molecule has 0 fully saturated rings. The van der Waals surface area contributed by atoms with Crippen LogP contribution in [-0.4, -0.2) is 56.8 Å². The number of phenolic OH excluding ortho intramolecular Hbond substituents is 1. The van der Waals surface area contributed by atoms with Gasteiger partial charge in [-0.3, -0.25) is 19.6 Å². The van der Waals surface area contributed by atoms with Gasteiger partial charge < -0.3 is 14.6 Å². The molecule has 2 aromatic heterocycles. The topological polar surface area (TPSA) is 92.4 Å². The highest BCUT2D eigenvalue weighted by molar-refractivity contribution is 6.50. The Hall–Kier alpha value is -5.21. The Morgan fingerprint density at radius 2 is 1.50 bits per heavy atom. The quantitative estimate of drug-likeness (QED) is 0.259. The highest BCUT2D eigenvalue weighted by Crippen LogP contribution is 2.39. The van der Waals surface area contributed by atoms with Gasteiger partial charge >= 0.3 is 0 Å². The van der Waals surface area contributed by atoms with Gasteiger partial charge in [0.05, 0.1) is 22.2 Å². The van der Waals surface area contributed by atoms with E-state index in [1.807, 2.05) is 102 Å². The molecule has 0 radical (unpaired) electrons. The van der Waals surface area contributed by atoms with Crippen molar-refractivity contribution in [2.24, 2.45) is 0 Å². The maximum absolute atomic E-state index is 13.5. The normalized spacial score (nSPS) is 13.8. The first-order valence-corrected chi connectivity index (χ1v) is 13.9. The van der Waals surface area contributed by atoms with E-state index in [4.69, 9.17) is 5.10 Å². The number of imide groups is 1. The Morgan fingerprint density at radius 1 is 0.810 bits per heavy atom. The Morgan fingerprint density at radius 3 is 2.31 bits per heavy atom. The summed E-state index contributed by atoms with van der Waals surface area (Å²) in [7, 11) is 4.08. The molecule has 0 saturated carbocycles. The third kappa shape index (κ3) is 4.24. The van der Waals surface area contributed by atoms with Gasteiger partial charge in [0.2, 0.25) is 0 Å². The van der Waals surface area contributed by atoms with Crippen molar-refractivity contribution in [3.05, 3.63) is 102 Å². The average Bonchev–Trinajstić information content (AvgIpc) is 3.63. The predicted octanol–water partition coefficient (Wildman–Crippen LogP) is 5.36. The lowest BCUT2D eigenvalue weighted by Crippen LogP contribution is -2.22. The maximum Gasteiger partial charge on any atom is 0.261 e. The summed E-state index contributed by atoms with van der Waals surface area (Å²) in [6.07, 6.45) is 2.82. The molecule has 3 heterocycles. The zero-order chi connectivity index (χ0) is 29.0. The van der Waals surface area contributed by atoms with Gasteiger partial charge in [-0.25, -0.2) is 0 Å². The number of carbonyl (C=O) groups excluding carboxylic acids is 2. The third-order valence-corrected chi connectivity index (χ3v) is 7.87. The van der Waals surface area contributed by atoms with Crippen LogP contribution in [0.3, 0.4) is 0 Å². The molecule has 0 saturated heterocycles. The summed E-state index contributed by atoms with van der Waals surface area (Å²) in [4.78, 5) is 29.1. The summed E-state index contributed by atoms with van der Waals surface area (Å²) in [5.41, 5.74) is 4.53. The molecule has 8 nitrogen and oxygen atoms in total. The molecule has 2 N–H and O–H groups in total. The van der Waals surface area contributed by atoms with E-state index in [0.717, 1.165) is 51.2 Å². The second-order valence-electron chi connectivity index (χ2n) is 10.9. The van der Waals surface area contributed by atoms with Crippen LogP contribution >= 0.6 is 0 Å². The molecular formula is C34H29N5O3. The van der Waals surface area contributed by atoms with Crippen molar-refractivity contribution in [2.45, 2.75) is 13.0 Å². The lowest BCUT2D eigenvalue weighted by atomic mass is 9.97. The van der Waals surface area contributed by atoms with E-state index >= 15 is 0 Å². The molecule has 8 heteroatoms. The number of rotatable bonds is 7. The highest BCUT2D eigenvalue weighted by atomic mass is 16.3. The fourth-order valence-electron chi connectivity index (χ4n) is 5.92. The second kappa shape index (κ2) is 10.0. The van der Waals surface area contributed by atoms with Crippen LogP contribution in [0.2, 0.25) is 0 Å². The van der Waals surface area contributed by atoms with Crippen LogP contribution in [0.15, 0.2) is 91.1 Å². The Labute approximate surface area is 242 Å². The summed E-state index contributed by atoms with van der Waals surface area (Å²) >= 11 is 0. The number of nitrogens with zero attached hydrogens (tertiary/aromatic N) is 4. The van der Waals surface area contributed by atoms with Gasteiger partial charge in [-0.05, 0) is 74.2 Å². The van der Waals surface area contributed by atoms with Gasteiger partial charge in [0.1, 0.15) is 11.4 Å². The van der Waals surface area contributed by atoms with Crippen molar-refractivity contribution < 1.29 is 14.7 Å². The minimum absolute atomic E-state index is 0.216. The molecule has 4 aromatic carbocycles. The number of carbonyl (C=O) groups is 2. The van der Waals surface area contributed by atoms with Crippen LogP contribution in [-0.2, 0) is 16.1 Å². The highest BCUT2D eigenvalue weighted by Gasteiger charge is 2.36. The number of hydrogen-bond donors (Lipinski definition) is 2. The number of aromatic nitrogens is 3. The largest absolute Gasteiger partial charge is 0.508 e. The minimum atomic E-state index is -0.443. The number of para-hydroxylation sites is 2. The summed E-state index contributed by atoms with van der Waals surface area (Å²) in [6.45, 7) is 1.60. The van der Waals surface area contributed by atoms with Crippen LogP contribution in [0.5, 0.6) is 5.75 Å². The molecule has 1 aliphatic rings. The van der Waals surface area contributed by atoms with Crippen LogP contribution in [0.4, 0.5) is 0 Å². The Balaban J connectivity index is 1.43. The summed E-state index contributed by atoms with van der Waals surface area (Å²) in [6, 6.07) is 27.0. The Bertz CT molecular complexity index is 2080. The molecule has 7 rings (SSSR count). The SMILES string of the molecule is CN(C)CCCn1nc(C2=C(c3cn(-c4ccc5cc(O)ccc5c4)c4ccccc34)C(=O)NC2=O)c2ccccc21. The smallest absolute Gasteiger partial charge is 0.261 e. The first-order valence-electron chi connectivity index (χ1n) is 13.9. The number of benzene rings is 4. The van der Waals surface area contributed by atoms with Crippen LogP contribution in [0.25, 0.3) is 49.4 Å². The monoisotopic (exact) mass is 555 g/mol. The molecule has 0 aliphatic carbocycles. The van der Waals surface area contributed by atoms with Crippen molar-refractivity contribution >= 4 is 55.5 Å². The zero-order valence-corrected chi connectivity index (χ0v) is 23.3. The van der Waals surface area contributed by atoms with Gasteiger partial charge in [-0.2, -0.15) is 5.10 Å². The predicted molar refractivity (Wildman–Crippen MR) is 165 cm³/mol. The molecule has 0 unspecified atom stereocenters. The molecule has 6 aromatic rings. The summed E-state index contributed by atoms with van der Waals surface area (Å²) in [5.74, 6) is -0.660. The van der Waals surface area contributed by atoms with E-state index in [9.17, 15) is 14.7 Å². The summed E-state index contributed by atoms with van der Waals surface area (Å²) < 4.78 is 3.97. The molecule has 208 valence electrons. The van der Waals surface area contributed by atoms with Crippen LogP contribution in [0.1, 0.15) is 17.7 Å². The molecule has 0 spiro atoms. The molecular weight excluding hydrogens is 526 g/mol. The standard InChI is InChI=1S/C34H29N5O3/c1-37(2)16-7-17-39-29-11-6-4-9-26(29)32(36-39)31-30(33(41)35-34(31)42)27-20-38(28-10-5-3-8-25(27)28)23-14-12-22-19-24(40)15-13-21(22)18-23/h3-6,8-15,18-20,40H,7,16-17H2,1-2H3,(H,35,41,42). The first kappa shape index (κ1) is 25.7. The number of amides is 2. The van der Waals surface area contributed by atoms with Crippen LogP contribution < -0.4 is 5.32 Å². The second-order valence-corrected chi connectivity index (χ2v) is 10.9. The Kier molecular flexibility index (Phi) is 6.13. The van der Waals surface area contributed by atoms with Crippen molar-refractivity contribution in [3.63, 3.8) is 0 Å². The van der Waals surface area contributed by atoms with Gasteiger partial charge in [0, 0.05) is 34.8 Å². The van der Waals surface area contributed by atoms with Gasteiger partial charge in [0.15, 0.2) is 0 Å². The average molecular weight is 556 g/mol. The van der Waals surface area contributed by atoms with E-state index in [1.165, 1.54) is 0 Å². The van der Waals surface area contributed by atoms with Crippen molar-refractivity contribution in [3.8, 4) is 11.4 Å². The number of hydrogen-bond acceptors (Lipinski definition) is 5. The zero-order valence-electron chi connectivity index (χ0n) is 23.3. The fourth-order valence-corrected chi connectivity index (χ4v) is 5.92. The number of aryl methyl sites for hydroxylation is 1. The lowest BCUT2D eigenvalue weighted by Gasteiger charge is -2.09. The van der Waals surface area contributed by atoms with Gasteiger partial charge in [-0.15, -0.1) is 0 Å². The third-order valence-electron chi connectivity index (χ3n) is 7.87. The summed E-state index contributed by atoms with van der Waals surface area (Å²) in [5, 5.41) is 21.0.